The summed E-state index contributed by atoms with van der Waals surface area (Å²) in [5.41, 5.74) is 8.43. The highest BCUT2D eigenvalue weighted by atomic mass is 16.3. The van der Waals surface area contributed by atoms with Crippen LogP contribution in [-0.2, 0) is 0 Å². The summed E-state index contributed by atoms with van der Waals surface area (Å²) in [5.74, 6) is 0. The van der Waals surface area contributed by atoms with Crippen molar-refractivity contribution >= 4 is 77.6 Å². The summed E-state index contributed by atoms with van der Waals surface area (Å²) < 4.78 is 6.19. The maximum absolute atomic E-state index is 6.19. The molecule has 0 saturated heterocycles. The molecule has 0 atom stereocenters. The molecule has 0 unspecified atom stereocenters. The number of para-hydroxylation sites is 4. The molecule has 3 nitrogen and oxygen atoms in total. The van der Waals surface area contributed by atoms with Gasteiger partial charge in [0.2, 0.25) is 0 Å². The molecule has 0 N–H and O–H groups in total. The molecule has 0 aliphatic heterocycles. The average molecular weight is 603 g/mol. The molecule has 3 heteroatoms. The lowest BCUT2D eigenvalue weighted by molar-refractivity contribution is 0.669. The minimum Gasteiger partial charge on any atom is -0.456 e. The van der Waals surface area contributed by atoms with E-state index in [-0.39, 0.29) is 0 Å². The smallest absolute Gasteiger partial charge is 0.136 e. The topological polar surface area (TPSA) is 19.6 Å². The van der Waals surface area contributed by atoms with E-state index in [2.05, 4.69) is 180 Å². The Morgan fingerprint density at radius 1 is 0.277 bits per heavy atom. The third kappa shape index (κ3) is 4.77. The molecule has 1 heterocycles. The fourth-order valence-electron chi connectivity index (χ4n) is 6.81. The molecule has 9 rings (SSSR count). The number of hydrogen-bond donors (Lipinski definition) is 0. The van der Waals surface area contributed by atoms with Crippen molar-refractivity contribution in [1.29, 1.82) is 0 Å². The summed E-state index contributed by atoms with van der Waals surface area (Å²) in [5, 5.41) is 7.10. The maximum atomic E-state index is 6.19. The zero-order valence-corrected chi connectivity index (χ0v) is 25.6. The van der Waals surface area contributed by atoms with E-state index in [0.29, 0.717) is 0 Å². The number of fused-ring (bicyclic) bond motifs is 6. The van der Waals surface area contributed by atoms with Crippen LogP contribution in [0, 0.1) is 0 Å². The monoisotopic (exact) mass is 602 g/mol. The van der Waals surface area contributed by atoms with E-state index in [1.54, 1.807) is 0 Å². The Morgan fingerprint density at radius 2 is 0.787 bits per heavy atom. The number of furan rings is 1. The fraction of sp³-hybridized carbons (Fsp3) is 0. The average Bonchev–Trinajstić information content (AvgIpc) is 3.50. The van der Waals surface area contributed by atoms with Crippen LogP contribution in [0.1, 0.15) is 0 Å². The number of hydrogen-bond acceptors (Lipinski definition) is 3. The highest BCUT2D eigenvalue weighted by Gasteiger charge is 2.18. The van der Waals surface area contributed by atoms with Gasteiger partial charge in [-0.25, -0.2) is 0 Å². The summed E-state index contributed by atoms with van der Waals surface area (Å²) in [6, 6.07) is 64.5. The van der Waals surface area contributed by atoms with Crippen molar-refractivity contribution in [3.8, 4) is 0 Å². The lowest BCUT2D eigenvalue weighted by atomic mass is 9.99. The Labute approximate surface area is 273 Å². The second kappa shape index (κ2) is 11.2. The fourth-order valence-corrected chi connectivity index (χ4v) is 6.81. The summed E-state index contributed by atoms with van der Waals surface area (Å²) in [6.07, 6.45) is 0. The van der Waals surface area contributed by atoms with Gasteiger partial charge in [0.05, 0.1) is 0 Å². The molecular weight excluding hydrogens is 572 g/mol. The SMILES string of the molecule is c1ccc(N(c2ccccc2)c2cccc(N(c3ccccc3)c3ccc4c(ccc5cc6oc7ccccc7c6cc54)c3)c2)cc1. The minimum absolute atomic E-state index is 0.920. The standard InChI is InChI=1S/C44H30N2O/c1-4-13-33(14-5-1)45(34-15-6-2-7-16-34)36-19-12-20-37(29-36)46(35-17-8-3-9-18-35)38-25-26-39-31(27-38)23-24-32-28-44-42(30-41(32)39)40-21-10-11-22-43(40)47-44/h1-30H. The zero-order chi connectivity index (χ0) is 31.2. The lowest BCUT2D eigenvalue weighted by Crippen LogP contribution is -2.13. The summed E-state index contributed by atoms with van der Waals surface area (Å²) >= 11 is 0. The zero-order valence-electron chi connectivity index (χ0n) is 25.6. The van der Waals surface area contributed by atoms with Crippen molar-refractivity contribution in [2.75, 3.05) is 9.80 Å². The Morgan fingerprint density at radius 3 is 1.43 bits per heavy atom. The van der Waals surface area contributed by atoms with Crippen LogP contribution >= 0.6 is 0 Å². The second-order valence-corrected chi connectivity index (χ2v) is 11.8. The Hall–Kier alpha value is -6.32. The normalized spacial score (nSPS) is 11.4. The van der Waals surface area contributed by atoms with Crippen LogP contribution in [0.2, 0.25) is 0 Å². The highest BCUT2D eigenvalue weighted by Crippen LogP contribution is 2.42. The molecule has 47 heavy (non-hydrogen) atoms. The predicted molar refractivity (Wildman–Crippen MR) is 198 cm³/mol. The molecule has 222 valence electrons. The molecule has 0 fully saturated rings. The van der Waals surface area contributed by atoms with Crippen molar-refractivity contribution in [2.45, 2.75) is 0 Å². The summed E-state index contributed by atoms with van der Waals surface area (Å²) in [7, 11) is 0. The van der Waals surface area contributed by atoms with Gasteiger partial charge in [-0.05, 0) is 106 Å². The van der Waals surface area contributed by atoms with Crippen molar-refractivity contribution in [1.82, 2.24) is 0 Å². The van der Waals surface area contributed by atoms with E-state index in [9.17, 15) is 0 Å². The third-order valence-corrected chi connectivity index (χ3v) is 8.96. The van der Waals surface area contributed by atoms with Gasteiger partial charge in [0.15, 0.2) is 0 Å². The summed E-state index contributed by atoms with van der Waals surface area (Å²) in [4.78, 5) is 4.65. The third-order valence-electron chi connectivity index (χ3n) is 8.96. The molecule has 0 aliphatic carbocycles. The van der Waals surface area contributed by atoms with E-state index in [1.165, 1.54) is 21.5 Å². The van der Waals surface area contributed by atoms with Crippen LogP contribution in [-0.4, -0.2) is 0 Å². The van der Waals surface area contributed by atoms with Gasteiger partial charge in [-0.1, -0.05) is 97.1 Å². The first-order valence-corrected chi connectivity index (χ1v) is 15.9. The second-order valence-electron chi connectivity index (χ2n) is 11.8. The first-order valence-electron chi connectivity index (χ1n) is 15.9. The molecule has 0 saturated carbocycles. The van der Waals surface area contributed by atoms with E-state index < -0.39 is 0 Å². The van der Waals surface area contributed by atoms with Crippen molar-refractivity contribution < 1.29 is 4.42 Å². The van der Waals surface area contributed by atoms with Gasteiger partial charge in [-0.3, -0.25) is 0 Å². The molecule has 0 amide bonds. The highest BCUT2D eigenvalue weighted by molar-refractivity contribution is 6.16. The van der Waals surface area contributed by atoms with E-state index >= 15 is 0 Å². The minimum atomic E-state index is 0.920. The van der Waals surface area contributed by atoms with Crippen molar-refractivity contribution in [2.24, 2.45) is 0 Å². The molecule has 0 spiro atoms. The Kier molecular flexibility index (Phi) is 6.46. The van der Waals surface area contributed by atoms with Crippen LogP contribution in [0.5, 0.6) is 0 Å². The molecule has 0 aliphatic rings. The van der Waals surface area contributed by atoms with Crippen LogP contribution < -0.4 is 9.80 Å². The van der Waals surface area contributed by atoms with Gasteiger partial charge in [-0.2, -0.15) is 0 Å². The first-order chi connectivity index (χ1) is 23.3. The van der Waals surface area contributed by atoms with Gasteiger partial charge < -0.3 is 14.2 Å². The van der Waals surface area contributed by atoms with Crippen molar-refractivity contribution in [3.63, 3.8) is 0 Å². The lowest BCUT2D eigenvalue weighted by Gasteiger charge is -2.29. The molecule has 8 aromatic carbocycles. The predicted octanol–water partition coefficient (Wildman–Crippen LogP) is 12.8. The van der Waals surface area contributed by atoms with Crippen LogP contribution in [0.15, 0.2) is 186 Å². The molecule has 1 aromatic heterocycles. The van der Waals surface area contributed by atoms with Crippen molar-refractivity contribution in [3.05, 3.63) is 182 Å². The number of nitrogens with zero attached hydrogens (tertiary/aromatic N) is 2. The Bertz CT molecular complexity index is 2480. The maximum Gasteiger partial charge on any atom is 0.136 e. The van der Waals surface area contributed by atoms with Gasteiger partial charge in [-0.15, -0.1) is 0 Å². The number of anilines is 6. The van der Waals surface area contributed by atoms with Gasteiger partial charge in [0.1, 0.15) is 11.2 Å². The molecule has 9 aromatic rings. The van der Waals surface area contributed by atoms with Gasteiger partial charge in [0, 0.05) is 44.9 Å². The quantitative estimate of drug-likeness (QED) is 0.177. The number of benzene rings is 8. The Balaban J connectivity index is 1.20. The van der Waals surface area contributed by atoms with Gasteiger partial charge >= 0.3 is 0 Å². The van der Waals surface area contributed by atoms with Crippen LogP contribution in [0.4, 0.5) is 34.1 Å². The number of rotatable bonds is 6. The largest absolute Gasteiger partial charge is 0.456 e. The van der Waals surface area contributed by atoms with Gasteiger partial charge in [0.25, 0.3) is 0 Å². The summed E-state index contributed by atoms with van der Waals surface area (Å²) in [6.45, 7) is 0. The van der Waals surface area contributed by atoms with E-state index in [4.69, 9.17) is 4.42 Å². The van der Waals surface area contributed by atoms with E-state index in [0.717, 1.165) is 56.1 Å². The first kappa shape index (κ1) is 27.0. The van der Waals surface area contributed by atoms with Crippen LogP contribution in [0.3, 0.4) is 0 Å². The van der Waals surface area contributed by atoms with Crippen LogP contribution in [0.25, 0.3) is 43.5 Å². The molecular formula is C44H30N2O. The van der Waals surface area contributed by atoms with E-state index in [1.807, 2.05) is 12.1 Å². The molecule has 0 bridgehead atoms. The molecule has 0 radical (unpaired) electrons.